The molecule has 0 saturated carbocycles. The van der Waals surface area contributed by atoms with Crippen LogP contribution in [0.3, 0.4) is 0 Å². The minimum atomic E-state index is -4.05. The first kappa shape index (κ1) is 24.5. The largest absolute Gasteiger partial charge is 0.508 e. The second-order valence-corrected chi connectivity index (χ2v) is 11.7. The van der Waals surface area contributed by atoms with E-state index < -0.39 is 20.0 Å². The molecule has 1 heterocycles. The lowest BCUT2D eigenvalue weighted by molar-refractivity contribution is 0.403. The Morgan fingerprint density at radius 2 is 1.57 bits per heavy atom. The molecular formula is C23H21N3O6S3. The molecule has 1 aromatic heterocycles. The van der Waals surface area contributed by atoms with Crippen molar-refractivity contribution in [1.29, 1.82) is 0 Å². The monoisotopic (exact) mass is 531 g/mol. The van der Waals surface area contributed by atoms with Crippen molar-refractivity contribution in [2.24, 2.45) is 0 Å². The summed E-state index contributed by atoms with van der Waals surface area (Å²) in [6, 6.07) is 18.2. The van der Waals surface area contributed by atoms with Gasteiger partial charge in [-0.25, -0.2) is 21.8 Å². The first-order chi connectivity index (χ1) is 16.6. The number of aromatic hydroxyl groups is 1. The molecule has 4 rings (SSSR count). The zero-order chi connectivity index (χ0) is 25.2. The summed E-state index contributed by atoms with van der Waals surface area (Å²) in [5, 5.41) is 9.59. The predicted octanol–water partition coefficient (Wildman–Crippen LogP) is 4.43. The van der Waals surface area contributed by atoms with Crippen LogP contribution in [-0.2, 0) is 20.0 Å². The fourth-order valence-electron chi connectivity index (χ4n) is 3.25. The summed E-state index contributed by atoms with van der Waals surface area (Å²) >= 11 is 1.09. The van der Waals surface area contributed by atoms with E-state index in [1.807, 2.05) is 0 Å². The molecule has 0 spiro atoms. The van der Waals surface area contributed by atoms with Gasteiger partial charge in [0.05, 0.1) is 22.6 Å². The molecule has 3 aromatic carbocycles. The van der Waals surface area contributed by atoms with Gasteiger partial charge in [0.25, 0.3) is 20.0 Å². The van der Waals surface area contributed by atoms with Crippen molar-refractivity contribution in [3.8, 4) is 21.9 Å². The van der Waals surface area contributed by atoms with Crippen molar-refractivity contribution in [2.45, 2.75) is 16.7 Å². The molecule has 0 radical (unpaired) electrons. The summed E-state index contributed by atoms with van der Waals surface area (Å²) in [4.78, 5) is 4.91. The maximum atomic E-state index is 13.1. The molecule has 0 aliphatic rings. The van der Waals surface area contributed by atoms with Crippen LogP contribution in [0.4, 0.5) is 10.8 Å². The quantitative estimate of drug-likeness (QED) is 0.286. The standard InChI is InChI=1S/C23H21N3O6S3/c1-15-22(33-23(24-15)26-34(28,29)19-6-4-3-5-7-19)16-8-13-20(32-2)21(14-16)35(30,31)25-17-9-11-18(27)12-10-17/h3-14,25,27H,1-2H3,(H,24,26). The second-order valence-electron chi connectivity index (χ2n) is 7.37. The Morgan fingerprint density at radius 1 is 0.886 bits per heavy atom. The molecule has 0 unspecified atom stereocenters. The van der Waals surface area contributed by atoms with E-state index in [1.165, 1.54) is 55.6 Å². The average molecular weight is 532 g/mol. The number of anilines is 2. The highest BCUT2D eigenvalue weighted by molar-refractivity contribution is 7.93. The summed E-state index contributed by atoms with van der Waals surface area (Å²) in [5.41, 5.74) is 1.32. The van der Waals surface area contributed by atoms with Crippen LogP contribution in [0.5, 0.6) is 11.5 Å². The van der Waals surface area contributed by atoms with E-state index in [9.17, 15) is 21.9 Å². The van der Waals surface area contributed by atoms with Gasteiger partial charge in [0.2, 0.25) is 0 Å². The minimum Gasteiger partial charge on any atom is -0.508 e. The molecule has 182 valence electrons. The van der Waals surface area contributed by atoms with Gasteiger partial charge in [0.1, 0.15) is 16.4 Å². The van der Waals surface area contributed by atoms with E-state index in [1.54, 1.807) is 31.2 Å². The number of phenolic OH excluding ortho intramolecular Hbond substituents is 1. The SMILES string of the molecule is COc1ccc(-c2sc(NS(=O)(=O)c3ccccc3)nc2C)cc1S(=O)(=O)Nc1ccc(O)cc1. The number of methoxy groups -OCH3 is 1. The zero-order valence-corrected chi connectivity index (χ0v) is 21.0. The van der Waals surface area contributed by atoms with Crippen LogP contribution in [-0.4, -0.2) is 34.0 Å². The molecule has 12 heteroatoms. The average Bonchev–Trinajstić information content (AvgIpc) is 3.19. The van der Waals surface area contributed by atoms with Gasteiger partial charge in [0, 0.05) is 5.69 Å². The summed E-state index contributed by atoms with van der Waals surface area (Å²) in [6.07, 6.45) is 0. The van der Waals surface area contributed by atoms with Crippen LogP contribution < -0.4 is 14.2 Å². The Labute approximate surface area is 207 Å². The van der Waals surface area contributed by atoms with Gasteiger partial charge in [0.15, 0.2) is 5.13 Å². The molecule has 0 amide bonds. The number of benzene rings is 3. The highest BCUT2D eigenvalue weighted by Gasteiger charge is 2.23. The molecule has 35 heavy (non-hydrogen) atoms. The third kappa shape index (κ3) is 5.39. The molecule has 9 nitrogen and oxygen atoms in total. The third-order valence-corrected chi connectivity index (χ3v) is 8.92. The van der Waals surface area contributed by atoms with Gasteiger partial charge in [-0.05, 0) is 67.1 Å². The Bertz CT molecular complexity index is 1570. The number of ether oxygens (including phenoxy) is 1. The molecular weight excluding hydrogens is 510 g/mol. The van der Waals surface area contributed by atoms with Gasteiger partial charge in [-0.2, -0.15) is 0 Å². The number of nitrogens with one attached hydrogen (secondary N) is 2. The maximum absolute atomic E-state index is 13.1. The number of sulfonamides is 2. The Morgan fingerprint density at radius 3 is 2.23 bits per heavy atom. The van der Waals surface area contributed by atoms with Gasteiger partial charge in [-0.1, -0.05) is 29.5 Å². The first-order valence-electron chi connectivity index (χ1n) is 10.1. The smallest absolute Gasteiger partial charge is 0.265 e. The van der Waals surface area contributed by atoms with Crippen LogP contribution in [0, 0.1) is 6.92 Å². The van der Waals surface area contributed by atoms with Crippen LogP contribution in [0.1, 0.15) is 5.69 Å². The van der Waals surface area contributed by atoms with E-state index in [2.05, 4.69) is 14.4 Å². The lowest BCUT2D eigenvalue weighted by Gasteiger charge is -2.13. The molecule has 0 atom stereocenters. The highest BCUT2D eigenvalue weighted by Crippen LogP contribution is 2.37. The van der Waals surface area contributed by atoms with E-state index in [-0.39, 0.29) is 32.1 Å². The van der Waals surface area contributed by atoms with E-state index in [4.69, 9.17) is 4.74 Å². The maximum Gasteiger partial charge on any atom is 0.265 e. The number of phenols is 1. The minimum absolute atomic E-state index is 0.00638. The fourth-order valence-corrected chi connectivity index (χ4v) is 6.72. The molecule has 0 saturated heterocycles. The van der Waals surface area contributed by atoms with Gasteiger partial charge in [-0.3, -0.25) is 9.44 Å². The topological polar surface area (TPSA) is 135 Å². The lowest BCUT2D eigenvalue weighted by atomic mass is 10.1. The van der Waals surface area contributed by atoms with Crippen molar-refractivity contribution >= 4 is 42.2 Å². The van der Waals surface area contributed by atoms with Crippen molar-refractivity contribution in [2.75, 3.05) is 16.6 Å². The molecule has 0 aliphatic heterocycles. The van der Waals surface area contributed by atoms with Crippen LogP contribution in [0.25, 0.3) is 10.4 Å². The number of aryl methyl sites for hydroxylation is 1. The summed E-state index contributed by atoms with van der Waals surface area (Å²) < 4.78 is 61.8. The van der Waals surface area contributed by atoms with Crippen molar-refractivity contribution in [3.05, 3.63) is 78.5 Å². The number of rotatable bonds is 8. The molecule has 4 aromatic rings. The van der Waals surface area contributed by atoms with Crippen molar-refractivity contribution in [1.82, 2.24) is 4.98 Å². The molecule has 0 fully saturated rings. The number of nitrogens with zero attached hydrogens (tertiary/aromatic N) is 1. The van der Waals surface area contributed by atoms with Gasteiger partial charge in [-0.15, -0.1) is 0 Å². The van der Waals surface area contributed by atoms with E-state index in [0.717, 1.165) is 11.3 Å². The van der Waals surface area contributed by atoms with Crippen LogP contribution in [0.15, 0.2) is 82.6 Å². The normalized spacial score (nSPS) is 11.7. The first-order valence-corrected chi connectivity index (χ1v) is 13.9. The van der Waals surface area contributed by atoms with Crippen molar-refractivity contribution in [3.63, 3.8) is 0 Å². The number of hydrogen-bond acceptors (Lipinski definition) is 8. The van der Waals surface area contributed by atoms with Gasteiger partial charge >= 0.3 is 0 Å². The summed E-state index contributed by atoms with van der Waals surface area (Å²) in [5.74, 6) is 0.138. The Balaban J connectivity index is 1.68. The van der Waals surface area contributed by atoms with E-state index in [0.29, 0.717) is 16.1 Å². The lowest BCUT2D eigenvalue weighted by Crippen LogP contribution is -2.14. The summed E-state index contributed by atoms with van der Waals surface area (Å²) in [7, 11) is -6.51. The van der Waals surface area contributed by atoms with Gasteiger partial charge < -0.3 is 9.84 Å². The second kappa shape index (κ2) is 9.56. The summed E-state index contributed by atoms with van der Waals surface area (Å²) in [6.45, 7) is 1.71. The highest BCUT2D eigenvalue weighted by atomic mass is 32.2. The Kier molecular flexibility index (Phi) is 6.70. The third-order valence-electron chi connectivity index (χ3n) is 4.91. The number of thiazole rings is 1. The molecule has 3 N–H and O–H groups in total. The van der Waals surface area contributed by atoms with Crippen LogP contribution in [0.2, 0.25) is 0 Å². The molecule has 0 aliphatic carbocycles. The zero-order valence-electron chi connectivity index (χ0n) is 18.6. The Hall–Kier alpha value is -3.61. The number of aromatic nitrogens is 1. The van der Waals surface area contributed by atoms with Crippen LogP contribution >= 0.6 is 11.3 Å². The molecule has 0 bridgehead atoms. The number of hydrogen-bond donors (Lipinski definition) is 3. The fraction of sp³-hybridized carbons (Fsp3) is 0.0870. The van der Waals surface area contributed by atoms with Crippen molar-refractivity contribution < 1.29 is 26.7 Å². The van der Waals surface area contributed by atoms with E-state index >= 15 is 0 Å². The predicted molar refractivity (Wildman–Crippen MR) is 135 cm³/mol.